The van der Waals surface area contributed by atoms with Crippen molar-refractivity contribution in [1.29, 1.82) is 0 Å². The van der Waals surface area contributed by atoms with Crippen molar-refractivity contribution in [3.05, 3.63) is 0 Å². The first kappa shape index (κ1) is 18.8. The van der Waals surface area contributed by atoms with E-state index in [2.05, 4.69) is 10.1 Å². The van der Waals surface area contributed by atoms with Gasteiger partial charge in [-0.05, 0) is 6.92 Å². The Labute approximate surface area is 119 Å². The zero-order chi connectivity index (χ0) is 16.6. The summed E-state index contributed by atoms with van der Waals surface area (Å²) in [4.78, 5) is 43.7. The molecular weight excluding hydrogens is 288 g/mol. The number of nitrogens with one attached hydrogen (secondary N) is 1. The number of hydrogen-bond donors (Lipinski definition) is 5. The number of ether oxygens (including phenoxy) is 1. The fourth-order valence-corrected chi connectivity index (χ4v) is 1.25. The fraction of sp³-hybridized carbons (Fsp3) is 0.636. The van der Waals surface area contributed by atoms with Crippen LogP contribution in [0.25, 0.3) is 0 Å². The Morgan fingerprint density at radius 2 is 1.81 bits per heavy atom. The predicted octanol–water partition coefficient (Wildman–Crippen LogP) is -2.33. The van der Waals surface area contributed by atoms with E-state index in [4.69, 9.17) is 15.9 Å². The van der Waals surface area contributed by atoms with Gasteiger partial charge in [-0.2, -0.15) is 0 Å². The Morgan fingerprint density at radius 3 is 2.24 bits per heavy atom. The van der Waals surface area contributed by atoms with E-state index in [1.165, 1.54) is 6.92 Å². The van der Waals surface area contributed by atoms with Gasteiger partial charge in [0.15, 0.2) is 5.60 Å². The molecule has 0 fully saturated rings. The summed E-state index contributed by atoms with van der Waals surface area (Å²) in [5.74, 6) is -4.97. The third-order valence-electron chi connectivity index (χ3n) is 2.36. The molecule has 0 spiro atoms. The Kier molecular flexibility index (Phi) is 7.31. The minimum atomic E-state index is -2.74. The molecule has 0 saturated carbocycles. The molecule has 21 heavy (non-hydrogen) atoms. The average molecular weight is 306 g/mol. The summed E-state index contributed by atoms with van der Waals surface area (Å²) in [6, 6.07) is -0.728. The molecule has 0 aromatic rings. The van der Waals surface area contributed by atoms with Crippen molar-refractivity contribution >= 4 is 23.8 Å². The zero-order valence-electron chi connectivity index (χ0n) is 11.4. The largest absolute Gasteiger partial charge is 0.481 e. The first-order valence-electron chi connectivity index (χ1n) is 5.95. The third kappa shape index (κ3) is 7.22. The molecule has 6 N–H and O–H groups in total. The molecule has 0 aliphatic rings. The molecule has 0 aliphatic heterocycles. The molecule has 10 heteroatoms. The van der Waals surface area contributed by atoms with Crippen LogP contribution in [0.15, 0.2) is 0 Å². The topological polar surface area (TPSA) is 176 Å². The number of carboxylic acid groups (broad SMARTS) is 2. The maximum Gasteiger partial charge on any atom is 0.336 e. The summed E-state index contributed by atoms with van der Waals surface area (Å²) < 4.78 is 4.59. The molecule has 0 aromatic carbocycles. The maximum absolute atomic E-state index is 11.3. The summed E-state index contributed by atoms with van der Waals surface area (Å²) in [6.07, 6.45) is -2.16. The quantitative estimate of drug-likeness (QED) is 0.231. The number of nitrogens with two attached hydrogens (primary N) is 1. The molecule has 0 radical (unpaired) electrons. The molecular formula is C11H18N2O8. The number of aliphatic hydroxyl groups is 1. The lowest BCUT2D eigenvalue weighted by atomic mass is 9.96. The van der Waals surface area contributed by atoms with Gasteiger partial charge in [0.25, 0.3) is 0 Å². The summed E-state index contributed by atoms with van der Waals surface area (Å²) in [6.45, 7) is 1.15. The second-order valence-corrected chi connectivity index (χ2v) is 4.38. The van der Waals surface area contributed by atoms with Gasteiger partial charge in [0.1, 0.15) is 6.61 Å². The van der Waals surface area contributed by atoms with Crippen LogP contribution in [0.4, 0.5) is 0 Å². The predicted molar refractivity (Wildman–Crippen MR) is 67.1 cm³/mol. The van der Waals surface area contributed by atoms with Crippen molar-refractivity contribution in [2.24, 2.45) is 5.73 Å². The smallest absolute Gasteiger partial charge is 0.336 e. The number of amides is 1. The highest BCUT2D eigenvalue weighted by Crippen LogP contribution is 2.16. The SMILES string of the molecule is CC(N)C(=O)NCCOC(=O)C[C@](O)(CC(=O)O)C(=O)O. The molecule has 2 atom stereocenters. The van der Waals surface area contributed by atoms with Gasteiger partial charge in [-0.1, -0.05) is 0 Å². The summed E-state index contributed by atoms with van der Waals surface area (Å²) >= 11 is 0. The van der Waals surface area contributed by atoms with Crippen LogP contribution in [-0.2, 0) is 23.9 Å². The van der Waals surface area contributed by atoms with Gasteiger partial charge in [-0.3, -0.25) is 14.4 Å². The van der Waals surface area contributed by atoms with E-state index in [0.29, 0.717) is 0 Å². The highest BCUT2D eigenvalue weighted by molar-refractivity contribution is 5.88. The van der Waals surface area contributed by atoms with Crippen molar-refractivity contribution in [2.75, 3.05) is 13.2 Å². The Morgan fingerprint density at radius 1 is 1.24 bits per heavy atom. The summed E-state index contributed by atoms with van der Waals surface area (Å²) in [5, 5.41) is 29.2. The lowest BCUT2D eigenvalue weighted by Crippen LogP contribution is -2.43. The van der Waals surface area contributed by atoms with E-state index in [9.17, 15) is 24.3 Å². The second-order valence-electron chi connectivity index (χ2n) is 4.38. The van der Waals surface area contributed by atoms with E-state index >= 15 is 0 Å². The van der Waals surface area contributed by atoms with Crippen LogP contribution < -0.4 is 11.1 Å². The minimum Gasteiger partial charge on any atom is -0.481 e. The summed E-state index contributed by atoms with van der Waals surface area (Å²) in [7, 11) is 0. The molecule has 0 bridgehead atoms. The second kappa shape index (κ2) is 8.17. The van der Waals surface area contributed by atoms with E-state index < -0.39 is 48.3 Å². The zero-order valence-corrected chi connectivity index (χ0v) is 11.4. The van der Waals surface area contributed by atoms with Crippen molar-refractivity contribution in [2.45, 2.75) is 31.4 Å². The van der Waals surface area contributed by atoms with E-state index in [1.807, 2.05) is 0 Å². The van der Waals surface area contributed by atoms with Gasteiger partial charge in [0.2, 0.25) is 5.91 Å². The van der Waals surface area contributed by atoms with Crippen molar-refractivity contribution in [1.82, 2.24) is 5.32 Å². The molecule has 120 valence electrons. The van der Waals surface area contributed by atoms with Crippen LogP contribution in [0, 0.1) is 0 Å². The first-order valence-corrected chi connectivity index (χ1v) is 5.95. The number of hydrogen-bond acceptors (Lipinski definition) is 7. The molecule has 0 aliphatic carbocycles. The van der Waals surface area contributed by atoms with E-state index in [0.717, 1.165) is 0 Å². The number of carboxylic acids is 2. The number of carbonyl (C=O) groups excluding carboxylic acids is 2. The van der Waals surface area contributed by atoms with Crippen molar-refractivity contribution < 1.29 is 39.2 Å². The van der Waals surface area contributed by atoms with Gasteiger partial charge >= 0.3 is 17.9 Å². The third-order valence-corrected chi connectivity index (χ3v) is 2.36. The van der Waals surface area contributed by atoms with Crippen LogP contribution >= 0.6 is 0 Å². The Bertz CT molecular complexity index is 422. The van der Waals surface area contributed by atoms with Crippen LogP contribution in [0.5, 0.6) is 0 Å². The first-order chi connectivity index (χ1) is 9.58. The van der Waals surface area contributed by atoms with Gasteiger partial charge < -0.3 is 31.1 Å². The van der Waals surface area contributed by atoms with Crippen molar-refractivity contribution in [3.8, 4) is 0 Å². The van der Waals surface area contributed by atoms with Gasteiger partial charge in [-0.25, -0.2) is 4.79 Å². The molecule has 0 aromatic heterocycles. The monoisotopic (exact) mass is 306 g/mol. The molecule has 0 saturated heterocycles. The van der Waals surface area contributed by atoms with Crippen molar-refractivity contribution in [3.63, 3.8) is 0 Å². The fourth-order valence-electron chi connectivity index (χ4n) is 1.25. The minimum absolute atomic E-state index is 0.0451. The molecule has 1 unspecified atom stereocenters. The lowest BCUT2D eigenvalue weighted by Gasteiger charge is -2.20. The number of esters is 1. The van der Waals surface area contributed by atoms with Gasteiger partial charge in [0.05, 0.1) is 25.4 Å². The molecule has 0 heterocycles. The highest BCUT2D eigenvalue weighted by atomic mass is 16.5. The van der Waals surface area contributed by atoms with Crippen LogP contribution in [0.2, 0.25) is 0 Å². The van der Waals surface area contributed by atoms with Crippen LogP contribution in [0.3, 0.4) is 0 Å². The normalized spacial score (nSPS) is 14.6. The molecule has 10 nitrogen and oxygen atoms in total. The standard InChI is InChI=1S/C11H18N2O8/c1-6(12)9(17)13-2-3-21-8(16)5-11(20,10(18)19)4-7(14)15/h6,20H,2-5,12H2,1H3,(H,13,17)(H,14,15)(H,18,19)/t6?,11-/m1/s1. The van der Waals surface area contributed by atoms with Crippen LogP contribution in [-0.4, -0.2) is 63.9 Å². The molecule has 0 rings (SSSR count). The maximum atomic E-state index is 11.3. The summed E-state index contributed by atoms with van der Waals surface area (Å²) in [5.41, 5.74) is 2.53. The van der Waals surface area contributed by atoms with Gasteiger partial charge in [0, 0.05) is 0 Å². The van der Waals surface area contributed by atoms with Gasteiger partial charge in [-0.15, -0.1) is 0 Å². The van der Waals surface area contributed by atoms with Crippen LogP contribution in [0.1, 0.15) is 19.8 Å². The Balaban J connectivity index is 4.25. The van der Waals surface area contributed by atoms with E-state index in [-0.39, 0.29) is 13.2 Å². The highest BCUT2D eigenvalue weighted by Gasteiger charge is 2.41. The number of rotatable bonds is 9. The Hall–Kier alpha value is -2.20. The number of aliphatic carboxylic acids is 2. The average Bonchev–Trinajstić information content (AvgIpc) is 2.32. The lowest BCUT2D eigenvalue weighted by molar-refractivity contribution is -0.171. The number of carbonyl (C=O) groups is 4. The van der Waals surface area contributed by atoms with E-state index in [1.54, 1.807) is 0 Å². The molecule has 1 amide bonds.